The van der Waals surface area contributed by atoms with Gasteiger partial charge in [0.15, 0.2) is 6.04 Å². The van der Waals surface area contributed by atoms with Crippen LogP contribution in [0, 0.1) is 0 Å². The van der Waals surface area contributed by atoms with Gasteiger partial charge in [-0.3, -0.25) is 4.74 Å². The normalized spacial score (nSPS) is 15.1. The van der Waals surface area contributed by atoms with Gasteiger partial charge >= 0.3 is 5.97 Å². The molecular formula is C5H10NO2PS. The number of thioether (sulfide) groups is 1. The fourth-order valence-electron chi connectivity index (χ4n) is 0.460. The van der Waals surface area contributed by atoms with E-state index in [1.807, 2.05) is 6.26 Å². The van der Waals surface area contributed by atoms with Gasteiger partial charge in [0.1, 0.15) is 1.28 Å². The molecule has 0 aliphatic rings. The summed E-state index contributed by atoms with van der Waals surface area (Å²) < 4.78 is 10.3. The Morgan fingerprint density at radius 2 is 2.80 bits per heavy atom. The van der Waals surface area contributed by atoms with Crippen molar-refractivity contribution in [3.05, 3.63) is 0 Å². The average molecular weight is 179 g/mol. The lowest BCUT2D eigenvalue weighted by Gasteiger charge is -2.02. The van der Waals surface area contributed by atoms with Crippen LogP contribution in [0.15, 0.2) is 4.74 Å². The Labute approximate surface area is 67.8 Å². The first-order chi connectivity index (χ1) is 5.22. The Kier molecular flexibility index (Phi) is 4.56. The summed E-state index contributed by atoms with van der Waals surface area (Å²) in [6.45, 7) is 0. The van der Waals surface area contributed by atoms with Crippen molar-refractivity contribution in [2.75, 3.05) is 12.0 Å². The molecule has 1 unspecified atom stereocenters. The highest BCUT2D eigenvalue weighted by Gasteiger charge is 2.13. The summed E-state index contributed by atoms with van der Waals surface area (Å²) in [5, 5.41) is 8.54. The van der Waals surface area contributed by atoms with Crippen LogP contribution in [-0.4, -0.2) is 30.4 Å². The summed E-state index contributed by atoms with van der Waals surface area (Å²) in [5.74, 6) is -0.158. The van der Waals surface area contributed by atoms with Crippen molar-refractivity contribution in [2.24, 2.45) is 4.74 Å². The maximum Gasteiger partial charge on any atom is 0.328 e. The molecule has 58 valence electrons. The fraction of sp³-hybridized carbons (Fsp3) is 0.800. The van der Waals surface area contributed by atoms with Crippen LogP contribution in [0.3, 0.4) is 0 Å². The Balaban J connectivity index is 3.79. The fourth-order valence-corrected chi connectivity index (χ4v) is 1.13. The highest BCUT2D eigenvalue weighted by atomic mass is 32.2. The van der Waals surface area contributed by atoms with Crippen molar-refractivity contribution in [1.29, 1.82) is 1.28 Å². The highest BCUT2D eigenvalue weighted by molar-refractivity contribution is 7.98. The molecule has 0 fully saturated rings. The first-order valence-electron chi connectivity index (χ1n) is 3.23. The summed E-state index contributed by atoms with van der Waals surface area (Å²) in [6.07, 6.45) is 2.43. The van der Waals surface area contributed by atoms with E-state index in [4.69, 9.17) is 6.39 Å². The molecule has 0 rings (SSSR count). The number of carbonyl (C=O) groups is 1. The second-order valence-corrected chi connectivity index (χ2v) is 2.97. The lowest BCUT2D eigenvalue weighted by atomic mass is 10.2. The van der Waals surface area contributed by atoms with Gasteiger partial charge in [-0.1, -0.05) is 0 Å². The first-order valence-corrected chi connectivity index (χ1v) is 4.57. The third-order valence-corrected chi connectivity index (χ3v) is 1.94. The zero-order valence-electron chi connectivity index (χ0n) is 6.65. The zero-order chi connectivity index (χ0) is 8.69. The van der Waals surface area contributed by atoms with E-state index in [9.17, 15) is 4.79 Å². The van der Waals surface area contributed by atoms with Gasteiger partial charge in [0.25, 0.3) is 0 Å². The van der Waals surface area contributed by atoms with Gasteiger partial charge in [0.05, 0.1) is 0 Å². The molecule has 0 aromatic heterocycles. The average Bonchev–Trinajstić information content (AvgIpc) is 1.97. The van der Waals surface area contributed by atoms with Crippen LogP contribution in [0.2, 0.25) is 0 Å². The zero-order valence-corrected chi connectivity index (χ0v) is 7.36. The van der Waals surface area contributed by atoms with Crippen LogP contribution in [0.1, 0.15) is 6.42 Å². The summed E-state index contributed by atoms with van der Waals surface area (Å²) in [7, 11) is 0.0502. The molecular weight excluding hydrogens is 169 g/mol. The Morgan fingerprint density at radius 1 is 2.10 bits per heavy atom. The standard InChI is InChI=1S/C5H10NO2PS/c1-10-3-2-4(6-9)5(7)8/h4,9H,2-3H2,1H3,(H,7,8)/i9H. The first kappa shape index (κ1) is 8.02. The van der Waals surface area contributed by atoms with E-state index < -0.39 is 12.0 Å². The summed E-state index contributed by atoms with van der Waals surface area (Å²) in [5.41, 5.74) is 0. The Hall–Kier alpha value is -0.0800. The molecule has 0 saturated carbocycles. The van der Waals surface area contributed by atoms with Gasteiger partial charge in [0, 0.05) is 0 Å². The minimum atomic E-state index is -0.932. The van der Waals surface area contributed by atoms with E-state index in [0.717, 1.165) is 5.75 Å². The van der Waals surface area contributed by atoms with Crippen LogP contribution in [0.4, 0.5) is 0 Å². The summed E-state index contributed by atoms with van der Waals surface area (Å²) in [4.78, 5) is 10.4. The lowest BCUT2D eigenvalue weighted by molar-refractivity contribution is -0.138. The van der Waals surface area contributed by atoms with Gasteiger partial charge in [-0.05, 0) is 27.4 Å². The van der Waals surface area contributed by atoms with Crippen LogP contribution >= 0.6 is 20.7 Å². The largest absolute Gasteiger partial charge is 0.480 e. The van der Waals surface area contributed by atoms with Gasteiger partial charge in [-0.15, -0.1) is 0 Å². The third-order valence-electron chi connectivity index (χ3n) is 1.02. The van der Waals surface area contributed by atoms with Crippen molar-refractivity contribution in [3.8, 4) is 0 Å². The summed E-state index contributed by atoms with van der Waals surface area (Å²) in [6, 6.07) is -0.693. The monoisotopic (exact) mass is 179 g/mol. The molecule has 0 heterocycles. The van der Waals surface area contributed by atoms with E-state index in [1.165, 1.54) is 0 Å². The van der Waals surface area contributed by atoms with Gasteiger partial charge in [-0.25, -0.2) is 4.79 Å². The molecule has 3 nitrogen and oxygen atoms in total. The smallest absolute Gasteiger partial charge is 0.328 e. The Bertz CT molecular complexity index is 155. The predicted molar refractivity (Wildman–Crippen MR) is 45.2 cm³/mol. The molecule has 1 N–H and O–H groups in total. The minimum Gasteiger partial charge on any atom is -0.480 e. The maximum atomic E-state index is 10.4. The number of aliphatic carboxylic acids is 1. The maximum absolute atomic E-state index is 10.4. The second-order valence-electron chi connectivity index (χ2n) is 1.75. The number of hydrogen-bond acceptors (Lipinski definition) is 3. The molecule has 0 aliphatic carbocycles. The molecule has 5 heteroatoms. The van der Waals surface area contributed by atoms with Crippen LogP contribution in [-0.2, 0) is 4.79 Å². The van der Waals surface area contributed by atoms with E-state index >= 15 is 0 Å². The molecule has 1 atom stereocenters. The Morgan fingerprint density at radius 3 is 3.20 bits per heavy atom. The van der Waals surface area contributed by atoms with Crippen molar-refractivity contribution < 1.29 is 9.90 Å². The van der Waals surface area contributed by atoms with E-state index in [0.29, 0.717) is 6.42 Å². The number of carboxylic acids is 1. The van der Waals surface area contributed by atoms with Crippen molar-refractivity contribution in [3.63, 3.8) is 0 Å². The molecule has 10 heavy (non-hydrogen) atoms. The lowest BCUT2D eigenvalue weighted by Crippen LogP contribution is -2.17. The third kappa shape index (κ3) is 3.85. The van der Waals surface area contributed by atoms with Crippen molar-refractivity contribution in [1.82, 2.24) is 0 Å². The number of hydrogen-bond donors (Lipinski definition) is 1. The second kappa shape index (κ2) is 5.69. The van der Waals surface area contributed by atoms with Crippen molar-refractivity contribution >= 4 is 26.7 Å². The number of nitrogens with zero attached hydrogens (tertiary/aromatic N) is 1. The van der Waals surface area contributed by atoms with Gasteiger partial charge in [0.2, 0.25) is 0 Å². The van der Waals surface area contributed by atoms with E-state index in [1.54, 1.807) is 11.8 Å². The van der Waals surface area contributed by atoms with Crippen LogP contribution in [0.5, 0.6) is 0 Å². The predicted octanol–water partition coefficient (Wildman–Crippen LogP) is 1.52. The van der Waals surface area contributed by atoms with Crippen LogP contribution in [0.25, 0.3) is 0 Å². The molecule has 0 radical (unpaired) electrons. The molecule has 0 spiro atoms. The van der Waals surface area contributed by atoms with Gasteiger partial charge < -0.3 is 5.11 Å². The topological polar surface area (TPSA) is 49.7 Å². The molecule has 0 bridgehead atoms. The number of carboxylic acid groups (broad SMARTS) is 1. The van der Waals surface area contributed by atoms with E-state index in [-0.39, 0.29) is 8.98 Å². The molecule has 0 aliphatic heterocycles. The highest BCUT2D eigenvalue weighted by Crippen LogP contribution is 2.05. The SMILES string of the molecule is [1H]P=NC(CCSC)C(=O)O. The minimum absolute atomic E-state index is 0.0502. The van der Waals surface area contributed by atoms with Gasteiger partial charge in [-0.2, -0.15) is 11.8 Å². The van der Waals surface area contributed by atoms with Crippen LogP contribution < -0.4 is 0 Å². The van der Waals surface area contributed by atoms with Crippen molar-refractivity contribution in [2.45, 2.75) is 12.5 Å². The number of rotatable bonds is 5. The molecule has 0 amide bonds. The molecule has 0 aromatic rings. The molecule has 0 aromatic carbocycles. The van der Waals surface area contributed by atoms with E-state index in [2.05, 4.69) is 4.74 Å². The summed E-state index contributed by atoms with van der Waals surface area (Å²) >= 11 is 1.59. The molecule has 0 saturated heterocycles. The quantitative estimate of drug-likeness (QED) is 0.651.